The average Bonchev–Trinajstić information content (AvgIpc) is 2.85. The Bertz CT molecular complexity index is 603. The van der Waals surface area contributed by atoms with Crippen LogP contribution in [0.5, 0.6) is 5.75 Å². The molecule has 0 aliphatic heterocycles. The van der Waals surface area contributed by atoms with Crippen LogP contribution in [0, 0.1) is 11.6 Å². The third kappa shape index (κ3) is 4.29. The summed E-state index contributed by atoms with van der Waals surface area (Å²) in [6.07, 6.45) is 1.56. The van der Waals surface area contributed by atoms with E-state index in [0.717, 1.165) is 11.6 Å². The van der Waals surface area contributed by atoms with Crippen LogP contribution in [0.4, 0.5) is 8.78 Å². The van der Waals surface area contributed by atoms with Gasteiger partial charge in [0, 0.05) is 17.6 Å². The van der Waals surface area contributed by atoms with Gasteiger partial charge in [-0.2, -0.15) is 4.39 Å². The highest BCUT2D eigenvalue weighted by Crippen LogP contribution is 2.21. The zero-order valence-corrected chi connectivity index (χ0v) is 12.4. The average molecular weight is 295 g/mol. The van der Waals surface area contributed by atoms with Gasteiger partial charge in [-0.15, -0.1) is 0 Å². The molecule has 0 atom stereocenters. The van der Waals surface area contributed by atoms with Crippen molar-refractivity contribution in [3.8, 4) is 5.75 Å². The zero-order valence-electron chi connectivity index (χ0n) is 12.4. The number of ether oxygens (including phenoxy) is 1. The van der Waals surface area contributed by atoms with Crippen LogP contribution in [0.3, 0.4) is 0 Å². The summed E-state index contributed by atoms with van der Waals surface area (Å²) in [6, 6.07) is 5.67. The van der Waals surface area contributed by atoms with Gasteiger partial charge in [-0.05, 0) is 39.0 Å². The Kier molecular flexibility index (Phi) is 4.63. The van der Waals surface area contributed by atoms with E-state index in [9.17, 15) is 8.78 Å². The van der Waals surface area contributed by atoms with Crippen LogP contribution in [0.25, 0.3) is 0 Å². The second-order valence-corrected chi connectivity index (χ2v) is 5.81. The molecule has 0 aliphatic rings. The molecule has 1 aromatic carbocycles. The monoisotopic (exact) mass is 295 g/mol. The highest BCUT2D eigenvalue weighted by atomic mass is 19.2. The first-order chi connectivity index (χ1) is 9.87. The number of halogens is 2. The molecule has 2 aromatic rings. The third-order valence-electron chi connectivity index (χ3n) is 2.92. The summed E-state index contributed by atoms with van der Waals surface area (Å²) in [7, 11) is 0. The lowest BCUT2D eigenvalue weighted by Gasteiger charge is -2.20. The molecule has 0 aliphatic carbocycles. The fourth-order valence-corrected chi connectivity index (χ4v) is 1.75. The van der Waals surface area contributed by atoms with Crippen molar-refractivity contribution in [3.63, 3.8) is 0 Å². The molecule has 1 aromatic heterocycles. The zero-order chi connectivity index (χ0) is 15.5. The topological polar surface area (TPSA) is 34.4 Å². The highest BCUT2D eigenvalue weighted by Gasteiger charge is 2.14. The van der Waals surface area contributed by atoms with Gasteiger partial charge in [-0.3, -0.25) is 0 Å². The van der Waals surface area contributed by atoms with Crippen molar-refractivity contribution in [3.05, 3.63) is 53.5 Å². The van der Waals surface area contributed by atoms with Crippen LogP contribution in [-0.2, 0) is 13.2 Å². The lowest BCUT2D eigenvalue weighted by molar-refractivity contribution is 0.252. The number of nitrogens with one attached hydrogen (secondary N) is 1. The van der Waals surface area contributed by atoms with E-state index in [1.165, 1.54) is 12.1 Å². The van der Waals surface area contributed by atoms with Crippen molar-refractivity contribution in [1.29, 1.82) is 0 Å². The molecule has 0 bridgehead atoms. The Morgan fingerprint density at radius 1 is 1.19 bits per heavy atom. The summed E-state index contributed by atoms with van der Waals surface area (Å²) in [5, 5.41) is 3.33. The number of hydrogen-bond acceptors (Lipinski definition) is 3. The molecule has 0 amide bonds. The molecule has 0 unspecified atom stereocenters. The van der Waals surface area contributed by atoms with Crippen LogP contribution < -0.4 is 10.1 Å². The molecular formula is C16H19F2NO2. The van der Waals surface area contributed by atoms with Crippen molar-refractivity contribution >= 4 is 0 Å². The number of rotatable bonds is 5. The van der Waals surface area contributed by atoms with Crippen LogP contribution >= 0.6 is 0 Å². The van der Waals surface area contributed by atoms with E-state index in [-0.39, 0.29) is 17.9 Å². The molecule has 0 fully saturated rings. The second-order valence-electron chi connectivity index (χ2n) is 5.81. The van der Waals surface area contributed by atoms with Crippen LogP contribution in [0.1, 0.15) is 32.1 Å². The standard InChI is InChI=1S/C16H19F2NO2/c1-16(2,3)19-9-11-7-8-20-14(11)10-21-13-6-4-5-12(17)15(13)18/h4-8,19H,9-10H2,1-3H3. The normalized spacial score (nSPS) is 11.7. The minimum atomic E-state index is -0.988. The molecule has 2 rings (SSSR count). The molecule has 3 nitrogen and oxygen atoms in total. The summed E-state index contributed by atoms with van der Waals surface area (Å²) in [4.78, 5) is 0. The molecule has 0 radical (unpaired) electrons. The van der Waals surface area contributed by atoms with E-state index in [2.05, 4.69) is 26.1 Å². The summed E-state index contributed by atoms with van der Waals surface area (Å²) < 4.78 is 37.2. The van der Waals surface area contributed by atoms with Gasteiger partial charge in [-0.1, -0.05) is 6.07 Å². The van der Waals surface area contributed by atoms with E-state index >= 15 is 0 Å². The highest BCUT2D eigenvalue weighted by molar-refractivity contribution is 5.26. The maximum Gasteiger partial charge on any atom is 0.200 e. The quantitative estimate of drug-likeness (QED) is 0.904. The molecule has 1 N–H and O–H groups in total. The Labute approximate surface area is 122 Å². The molecule has 0 saturated carbocycles. The smallest absolute Gasteiger partial charge is 0.200 e. The Balaban J connectivity index is 2.01. The fourth-order valence-electron chi connectivity index (χ4n) is 1.75. The minimum absolute atomic E-state index is 0.0237. The van der Waals surface area contributed by atoms with E-state index in [1.54, 1.807) is 6.26 Å². The fraction of sp³-hybridized carbons (Fsp3) is 0.375. The largest absolute Gasteiger partial charge is 0.482 e. The number of furan rings is 1. The van der Waals surface area contributed by atoms with Gasteiger partial charge in [0.05, 0.1) is 6.26 Å². The lowest BCUT2D eigenvalue weighted by Crippen LogP contribution is -2.35. The third-order valence-corrected chi connectivity index (χ3v) is 2.92. The van der Waals surface area contributed by atoms with Crippen molar-refractivity contribution in [2.45, 2.75) is 39.5 Å². The molecular weight excluding hydrogens is 276 g/mol. The van der Waals surface area contributed by atoms with E-state index < -0.39 is 11.6 Å². The molecule has 21 heavy (non-hydrogen) atoms. The summed E-state index contributed by atoms with van der Waals surface area (Å²) in [5.74, 6) is -1.45. The summed E-state index contributed by atoms with van der Waals surface area (Å²) in [6.45, 7) is 6.85. The maximum absolute atomic E-state index is 13.5. The van der Waals surface area contributed by atoms with Gasteiger partial charge in [0.1, 0.15) is 12.4 Å². The van der Waals surface area contributed by atoms with E-state index in [4.69, 9.17) is 9.15 Å². The summed E-state index contributed by atoms with van der Waals surface area (Å²) >= 11 is 0. The first kappa shape index (κ1) is 15.5. The van der Waals surface area contributed by atoms with Gasteiger partial charge in [0.25, 0.3) is 0 Å². The van der Waals surface area contributed by atoms with Crippen LogP contribution in [0.15, 0.2) is 34.9 Å². The van der Waals surface area contributed by atoms with Crippen molar-refractivity contribution in [2.24, 2.45) is 0 Å². The first-order valence-electron chi connectivity index (χ1n) is 6.74. The maximum atomic E-state index is 13.5. The van der Waals surface area contributed by atoms with Crippen molar-refractivity contribution in [1.82, 2.24) is 5.32 Å². The molecule has 5 heteroatoms. The SMILES string of the molecule is CC(C)(C)NCc1ccoc1COc1cccc(F)c1F. The van der Waals surface area contributed by atoms with E-state index in [1.807, 2.05) is 6.07 Å². The first-order valence-corrected chi connectivity index (χ1v) is 6.74. The summed E-state index contributed by atoms with van der Waals surface area (Å²) in [5.41, 5.74) is 0.908. The molecule has 0 spiro atoms. The van der Waals surface area contributed by atoms with E-state index in [0.29, 0.717) is 12.3 Å². The lowest BCUT2D eigenvalue weighted by atomic mass is 10.1. The predicted molar refractivity (Wildman–Crippen MR) is 76.0 cm³/mol. The van der Waals surface area contributed by atoms with Gasteiger partial charge >= 0.3 is 0 Å². The van der Waals surface area contributed by atoms with Crippen molar-refractivity contribution < 1.29 is 17.9 Å². The van der Waals surface area contributed by atoms with Crippen LogP contribution in [-0.4, -0.2) is 5.54 Å². The van der Waals surface area contributed by atoms with Gasteiger partial charge in [0.2, 0.25) is 5.82 Å². The Morgan fingerprint density at radius 3 is 2.67 bits per heavy atom. The second kappa shape index (κ2) is 6.26. The molecule has 1 heterocycles. The molecule has 0 saturated heterocycles. The number of hydrogen-bond donors (Lipinski definition) is 1. The Morgan fingerprint density at radius 2 is 1.95 bits per heavy atom. The number of benzene rings is 1. The predicted octanol–water partition coefficient (Wildman–Crippen LogP) is 4.02. The van der Waals surface area contributed by atoms with Gasteiger partial charge in [-0.25, -0.2) is 4.39 Å². The molecule has 114 valence electrons. The minimum Gasteiger partial charge on any atom is -0.482 e. The van der Waals surface area contributed by atoms with Crippen LogP contribution in [0.2, 0.25) is 0 Å². The van der Waals surface area contributed by atoms with Crippen molar-refractivity contribution in [2.75, 3.05) is 0 Å². The van der Waals surface area contributed by atoms with Gasteiger partial charge < -0.3 is 14.5 Å². The van der Waals surface area contributed by atoms with Gasteiger partial charge in [0.15, 0.2) is 11.6 Å². The Hall–Kier alpha value is -1.88.